The van der Waals surface area contributed by atoms with Crippen LogP contribution in [0.3, 0.4) is 0 Å². The number of aromatic nitrogens is 3. The van der Waals surface area contributed by atoms with Crippen LogP contribution < -0.4 is 25.1 Å². The number of methoxy groups -OCH3 is 1. The van der Waals surface area contributed by atoms with Crippen LogP contribution in [0.1, 0.15) is 24.8 Å². The minimum absolute atomic E-state index is 0.0660. The van der Waals surface area contributed by atoms with Gasteiger partial charge in [-0.15, -0.1) is 0 Å². The van der Waals surface area contributed by atoms with Gasteiger partial charge in [0.25, 0.3) is 5.91 Å². The Kier molecular flexibility index (Phi) is 9.20. The fourth-order valence-corrected chi connectivity index (χ4v) is 4.45. The zero-order valence-corrected chi connectivity index (χ0v) is 22.6. The Morgan fingerprint density at radius 2 is 1.75 bits per heavy atom. The van der Waals surface area contributed by atoms with Gasteiger partial charge in [-0.3, -0.25) is 4.79 Å². The molecule has 2 aromatic carbocycles. The molecule has 0 radical (unpaired) electrons. The summed E-state index contributed by atoms with van der Waals surface area (Å²) >= 11 is 0. The predicted octanol–water partition coefficient (Wildman–Crippen LogP) is 3.30. The van der Waals surface area contributed by atoms with Gasteiger partial charge in [0.1, 0.15) is 0 Å². The molecule has 12 nitrogen and oxygen atoms in total. The van der Waals surface area contributed by atoms with Crippen LogP contribution in [0.15, 0.2) is 53.6 Å². The number of carbonyl (C=O) groups excluding carboxylic acids is 1. The monoisotopic (exact) mass is 546 g/mol. The Bertz CT molecular complexity index is 1290. The number of nitrogens with one attached hydrogen (secondary N) is 2. The van der Waals surface area contributed by atoms with E-state index in [0.29, 0.717) is 55.6 Å². The van der Waals surface area contributed by atoms with Gasteiger partial charge in [-0.2, -0.15) is 20.1 Å². The number of rotatable bonds is 10. The van der Waals surface area contributed by atoms with E-state index in [1.165, 1.54) is 6.42 Å². The van der Waals surface area contributed by atoms with E-state index < -0.39 is 0 Å². The Morgan fingerprint density at radius 3 is 2.52 bits per heavy atom. The SMILES string of the molecule is COc1cc(/C=N/Nc2nc(Nc3ccccc3)nc(N3CCCCC3)n2)ccc1OCC(=O)N1CCOCC1. The molecule has 2 saturated heterocycles. The Balaban J connectivity index is 1.25. The Hall–Kier alpha value is -4.45. The summed E-state index contributed by atoms with van der Waals surface area (Å²) in [6.07, 6.45) is 5.07. The molecule has 1 aromatic heterocycles. The first-order chi connectivity index (χ1) is 19.7. The number of hydrogen-bond acceptors (Lipinski definition) is 11. The summed E-state index contributed by atoms with van der Waals surface area (Å²) in [7, 11) is 1.55. The van der Waals surface area contributed by atoms with Crippen LogP contribution >= 0.6 is 0 Å². The molecule has 12 heteroatoms. The van der Waals surface area contributed by atoms with Gasteiger partial charge in [0, 0.05) is 31.9 Å². The predicted molar refractivity (Wildman–Crippen MR) is 153 cm³/mol. The fourth-order valence-electron chi connectivity index (χ4n) is 4.45. The van der Waals surface area contributed by atoms with Crippen molar-refractivity contribution in [2.45, 2.75) is 19.3 Å². The van der Waals surface area contributed by atoms with Crippen molar-refractivity contribution in [2.24, 2.45) is 5.10 Å². The number of morpholine rings is 1. The fraction of sp³-hybridized carbons (Fsp3) is 0.393. The molecule has 0 bridgehead atoms. The largest absolute Gasteiger partial charge is 0.493 e. The highest BCUT2D eigenvalue weighted by Gasteiger charge is 2.19. The van der Waals surface area contributed by atoms with Crippen molar-refractivity contribution in [2.75, 3.05) is 68.8 Å². The average molecular weight is 547 g/mol. The highest BCUT2D eigenvalue weighted by molar-refractivity contribution is 5.81. The summed E-state index contributed by atoms with van der Waals surface area (Å²) in [5, 5.41) is 7.59. The molecule has 2 fully saturated rings. The molecule has 40 heavy (non-hydrogen) atoms. The first-order valence-corrected chi connectivity index (χ1v) is 13.5. The molecular formula is C28H34N8O4. The van der Waals surface area contributed by atoms with Crippen molar-refractivity contribution in [3.8, 4) is 11.5 Å². The number of para-hydroxylation sites is 1. The van der Waals surface area contributed by atoms with Crippen LogP contribution in [0.2, 0.25) is 0 Å². The molecule has 2 aliphatic rings. The number of carbonyl (C=O) groups is 1. The molecule has 3 aromatic rings. The van der Waals surface area contributed by atoms with Gasteiger partial charge in [0.2, 0.25) is 17.8 Å². The number of nitrogens with zero attached hydrogens (tertiary/aromatic N) is 6. The molecule has 0 saturated carbocycles. The van der Waals surface area contributed by atoms with Gasteiger partial charge in [0.05, 0.1) is 26.5 Å². The van der Waals surface area contributed by atoms with Crippen molar-refractivity contribution < 1.29 is 19.0 Å². The smallest absolute Gasteiger partial charge is 0.260 e. The molecule has 5 rings (SSSR count). The lowest BCUT2D eigenvalue weighted by molar-refractivity contribution is -0.137. The van der Waals surface area contributed by atoms with Crippen molar-refractivity contribution in [1.29, 1.82) is 0 Å². The number of ether oxygens (including phenoxy) is 3. The van der Waals surface area contributed by atoms with E-state index in [-0.39, 0.29) is 12.5 Å². The summed E-state index contributed by atoms with van der Waals surface area (Å²) < 4.78 is 16.5. The lowest BCUT2D eigenvalue weighted by atomic mass is 10.1. The average Bonchev–Trinajstić information content (AvgIpc) is 3.01. The Labute approximate surface area is 233 Å². The lowest BCUT2D eigenvalue weighted by Gasteiger charge is -2.26. The summed E-state index contributed by atoms with van der Waals surface area (Å²) in [5.74, 6) is 2.28. The molecule has 0 unspecified atom stereocenters. The second kappa shape index (κ2) is 13.6. The topological polar surface area (TPSA) is 126 Å². The second-order valence-corrected chi connectivity index (χ2v) is 9.38. The van der Waals surface area contributed by atoms with Crippen LogP contribution in [0, 0.1) is 0 Å². The first-order valence-electron chi connectivity index (χ1n) is 13.5. The highest BCUT2D eigenvalue weighted by atomic mass is 16.5. The van der Waals surface area contributed by atoms with E-state index in [4.69, 9.17) is 14.2 Å². The normalized spacial score (nSPS) is 15.6. The van der Waals surface area contributed by atoms with Crippen molar-refractivity contribution in [1.82, 2.24) is 19.9 Å². The lowest BCUT2D eigenvalue weighted by Crippen LogP contribution is -2.43. The van der Waals surface area contributed by atoms with E-state index in [2.05, 4.69) is 35.7 Å². The van der Waals surface area contributed by atoms with Crippen LogP contribution in [-0.2, 0) is 9.53 Å². The van der Waals surface area contributed by atoms with Gasteiger partial charge in [-0.25, -0.2) is 5.43 Å². The van der Waals surface area contributed by atoms with Crippen LogP contribution in [-0.4, -0.2) is 85.1 Å². The van der Waals surface area contributed by atoms with Crippen molar-refractivity contribution in [3.05, 3.63) is 54.1 Å². The van der Waals surface area contributed by atoms with E-state index in [1.807, 2.05) is 36.4 Å². The minimum Gasteiger partial charge on any atom is -0.493 e. The number of hydrogen-bond donors (Lipinski definition) is 2. The van der Waals surface area contributed by atoms with Crippen LogP contribution in [0.5, 0.6) is 11.5 Å². The van der Waals surface area contributed by atoms with Gasteiger partial charge in [-0.1, -0.05) is 18.2 Å². The number of hydrazone groups is 1. The molecule has 1 amide bonds. The third-order valence-electron chi connectivity index (χ3n) is 6.57. The number of amides is 1. The number of anilines is 4. The van der Waals surface area contributed by atoms with Gasteiger partial charge < -0.3 is 29.3 Å². The molecule has 2 aliphatic heterocycles. The van der Waals surface area contributed by atoms with Gasteiger partial charge in [0.15, 0.2) is 18.1 Å². The molecule has 2 N–H and O–H groups in total. The first kappa shape index (κ1) is 27.1. The van der Waals surface area contributed by atoms with Gasteiger partial charge >= 0.3 is 0 Å². The maximum atomic E-state index is 12.4. The van der Waals surface area contributed by atoms with Crippen molar-refractivity contribution in [3.63, 3.8) is 0 Å². The number of piperidine rings is 1. The summed E-state index contributed by atoms with van der Waals surface area (Å²) in [6.45, 7) is 3.99. The zero-order valence-electron chi connectivity index (χ0n) is 22.6. The molecule has 0 atom stereocenters. The standard InChI is InChI=1S/C28H34N8O4/c1-38-24-18-21(10-11-23(24)40-20-25(37)35-14-16-39-17-15-35)19-29-34-27-31-26(30-22-8-4-2-5-9-22)32-28(33-27)36-12-6-3-7-13-36/h2,4-5,8-11,18-19H,3,6-7,12-17,20H2,1H3,(H2,30,31,32,33,34)/b29-19+. The van der Waals surface area contributed by atoms with Gasteiger partial charge in [-0.05, 0) is 55.2 Å². The molecule has 210 valence electrons. The van der Waals surface area contributed by atoms with Crippen molar-refractivity contribution >= 4 is 35.7 Å². The van der Waals surface area contributed by atoms with Crippen LogP contribution in [0.25, 0.3) is 0 Å². The molecular weight excluding hydrogens is 512 g/mol. The summed E-state index contributed by atoms with van der Waals surface area (Å²) in [6, 6.07) is 15.1. The third kappa shape index (κ3) is 7.35. The van der Waals surface area contributed by atoms with E-state index in [0.717, 1.165) is 37.2 Å². The molecule has 0 aliphatic carbocycles. The quantitative estimate of drug-likeness (QED) is 0.289. The minimum atomic E-state index is -0.0809. The maximum absolute atomic E-state index is 12.4. The van der Waals surface area contributed by atoms with E-state index in [1.54, 1.807) is 30.4 Å². The highest BCUT2D eigenvalue weighted by Crippen LogP contribution is 2.28. The second-order valence-electron chi connectivity index (χ2n) is 9.38. The maximum Gasteiger partial charge on any atom is 0.260 e. The summed E-state index contributed by atoms with van der Waals surface area (Å²) in [5.41, 5.74) is 4.59. The number of benzene rings is 2. The summed E-state index contributed by atoms with van der Waals surface area (Å²) in [4.78, 5) is 30.1. The van der Waals surface area contributed by atoms with Crippen LogP contribution in [0.4, 0.5) is 23.5 Å². The van der Waals surface area contributed by atoms with E-state index in [9.17, 15) is 4.79 Å². The molecule has 0 spiro atoms. The Morgan fingerprint density at radius 1 is 0.975 bits per heavy atom. The zero-order chi connectivity index (χ0) is 27.6. The van der Waals surface area contributed by atoms with E-state index >= 15 is 0 Å². The third-order valence-corrected chi connectivity index (χ3v) is 6.57. The molecule has 3 heterocycles.